The first-order valence-corrected chi connectivity index (χ1v) is 7.46. The Balaban J connectivity index is 2.35. The fourth-order valence-corrected chi connectivity index (χ4v) is 3.78. The van der Waals surface area contributed by atoms with Crippen molar-refractivity contribution in [3.8, 4) is 0 Å². The van der Waals surface area contributed by atoms with E-state index in [0.29, 0.717) is 0 Å². The fourth-order valence-electron chi connectivity index (χ4n) is 1.43. The summed E-state index contributed by atoms with van der Waals surface area (Å²) in [6.07, 6.45) is 0. The van der Waals surface area contributed by atoms with Gasteiger partial charge >= 0.3 is 110 Å². The molecule has 0 aliphatic rings. The number of hydrogen-bond donors (Lipinski definition) is 0. The van der Waals surface area contributed by atoms with Crippen molar-refractivity contribution in [2.75, 3.05) is 0 Å². The van der Waals surface area contributed by atoms with Gasteiger partial charge in [-0.05, 0) is 0 Å². The molecule has 0 radical (unpaired) electrons. The van der Waals surface area contributed by atoms with Crippen LogP contribution in [-0.4, -0.2) is 20.3 Å². The normalized spacial score (nSPS) is 10.4. The Morgan fingerprint density at radius 3 is 2.31 bits per heavy atom. The second-order valence-electron chi connectivity index (χ2n) is 3.69. The van der Waals surface area contributed by atoms with Gasteiger partial charge in [0.1, 0.15) is 0 Å². The summed E-state index contributed by atoms with van der Waals surface area (Å²) in [5, 5.41) is 0. The van der Waals surface area contributed by atoms with Crippen molar-refractivity contribution in [2.45, 2.75) is 13.8 Å². The van der Waals surface area contributed by atoms with Gasteiger partial charge in [0, 0.05) is 0 Å². The van der Waals surface area contributed by atoms with Crippen LogP contribution in [-0.2, 0) is 0 Å². The van der Waals surface area contributed by atoms with Crippen LogP contribution in [0.3, 0.4) is 0 Å². The molecule has 82 valence electrons. The second kappa shape index (κ2) is 4.70. The van der Waals surface area contributed by atoms with Gasteiger partial charge in [0.2, 0.25) is 0 Å². The first-order chi connectivity index (χ1) is 7.58. The minimum atomic E-state index is 0.170. The molecule has 0 aliphatic carbocycles. The molecule has 0 unspecified atom stereocenters. The van der Waals surface area contributed by atoms with E-state index in [1.165, 1.54) is 10.0 Å². The minimum absolute atomic E-state index is 0.170. The second-order valence-corrected chi connectivity index (χ2v) is 7.24. The van der Waals surface area contributed by atoms with E-state index in [2.05, 4.69) is 29.8 Å². The van der Waals surface area contributed by atoms with E-state index in [0.717, 1.165) is 14.5 Å². The molecule has 1 nitrogen and oxygen atoms in total. The van der Waals surface area contributed by atoms with Crippen molar-refractivity contribution in [3.63, 3.8) is 0 Å². The summed E-state index contributed by atoms with van der Waals surface area (Å²) < 4.78 is 3.32. The van der Waals surface area contributed by atoms with E-state index in [1.54, 1.807) is 0 Å². The maximum absolute atomic E-state index is 12.2. The molecule has 1 aromatic heterocycles. The molecule has 1 heterocycles. The topological polar surface area (TPSA) is 17.1 Å². The third-order valence-corrected chi connectivity index (χ3v) is 5.44. The van der Waals surface area contributed by atoms with Crippen molar-refractivity contribution in [3.05, 3.63) is 54.8 Å². The van der Waals surface area contributed by atoms with Crippen molar-refractivity contribution in [2.24, 2.45) is 0 Å². The summed E-state index contributed by atoms with van der Waals surface area (Å²) in [6.45, 7) is 4.17. The Morgan fingerprint density at radius 1 is 1.19 bits per heavy atom. The van der Waals surface area contributed by atoms with Crippen LogP contribution in [0.1, 0.15) is 24.8 Å². The molecule has 0 saturated heterocycles. The molecular weight excluding hydrogens is 331 g/mol. The number of benzene rings is 1. The molecule has 0 N–H and O–H groups in total. The zero-order chi connectivity index (χ0) is 11.7. The summed E-state index contributed by atoms with van der Waals surface area (Å²) in [7, 11) is 0. The van der Waals surface area contributed by atoms with Crippen LogP contribution in [0.4, 0.5) is 0 Å². The molecule has 0 atom stereocenters. The first-order valence-electron chi connectivity index (χ1n) is 4.95. The SMILES string of the molecule is Cc1cc(C(=O)c2ccc(Br)cc2)[se]c1C. The molecule has 0 fully saturated rings. The molecule has 0 bridgehead atoms. The number of ketones is 1. The van der Waals surface area contributed by atoms with E-state index in [4.69, 9.17) is 0 Å². The van der Waals surface area contributed by atoms with Gasteiger partial charge in [-0.3, -0.25) is 0 Å². The van der Waals surface area contributed by atoms with Crippen LogP contribution in [0.15, 0.2) is 34.8 Å². The number of rotatable bonds is 2. The van der Waals surface area contributed by atoms with Crippen LogP contribution in [0.2, 0.25) is 0 Å². The quantitative estimate of drug-likeness (QED) is 0.604. The molecule has 0 amide bonds. The number of aryl methyl sites for hydroxylation is 2. The van der Waals surface area contributed by atoms with Crippen LogP contribution < -0.4 is 0 Å². The van der Waals surface area contributed by atoms with Gasteiger partial charge in [-0.25, -0.2) is 0 Å². The molecular formula is C13H11BrOSe. The number of hydrogen-bond acceptors (Lipinski definition) is 1. The van der Waals surface area contributed by atoms with Gasteiger partial charge in [0.15, 0.2) is 0 Å². The van der Waals surface area contributed by atoms with Crippen LogP contribution >= 0.6 is 15.9 Å². The summed E-state index contributed by atoms with van der Waals surface area (Å²) >= 11 is 3.58. The molecule has 1 aromatic carbocycles. The summed E-state index contributed by atoms with van der Waals surface area (Å²) in [6, 6.07) is 9.57. The van der Waals surface area contributed by atoms with E-state index >= 15 is 0 Å². The van der Waals surface area contributed by atoms with Gasteiger partial charge in [-0.2, -0.15) is 0 Å². The Labute approximate surface area is 109 Å². The summed E-state index contributed by atoms with van der Waals surface area (Å²) in [5.74, 6) is 0.170. The number of carbonyl (C=O) groups is 1. The molecule has 3 heteroatoms. The van der Waals surface area contributed by atoms with E-state index in [9.17, 15) is 4.79 Å². The predicted octanol–water partition coefficient (Wildman–Crippen LogP) is 3.35. The Kier molecular flexibility index (Phi) is 3.48. The fraction of sp³-hybridized carbons (Fsp3) is 0.154. The van der Waals surface area contributed by atoms with Crippen LogP contribution in [0, 0.1) is 13.8 Å². The summed E-state index contributed by atoms with van der Waals surface area (Å²) in [4.78, 5) is 12.2. The molecule has 16 heavy (non-hydrogen) atoms. The van der Waals surface area contributed by atoms with Gasteiger partial charge in [-0.15, -0.1) is 0 Å². The van der Waals surface area contributed by atoms with Crippen LogP contribution in [0.5, 0.6) is 0 Å². The van der Waals surface area contributed by atoms with Gasteiger partial charge in [0.25, 0.3) is 0 Å². The third kappa shape index (κ3) is 2.37. The molecule has 0 aliphatic heterocycles. The van der Waals surface area contributed by atoms with Crippen molar-refractivity contribution >= 4 is 36.2 Å². The zero-order valence-electron chi connectivity index (χ0n) is 9.08. The number of halogens is 1. The van der Waals surface area contributed by atoms with E-state index < -0.39 is 0 Å². The Bertz CT molecular complexity index is 506. The van der Waals surface area contributed by atoms with Gasteiger partial charge in [-0.1, -0.05) is 0 Å². The Morgan fingerprint density at radius 2 is 1.81 bits per heavy atom. The predicted molar refractivity (Wildman–Crippen MR) is 70.4 cm³/mol. The average molecular weight is 342 g/mol. The average Bonchev–Trinajstić information content (AvgIpc) is 2.59. The molecule has 2 rings (SSSR count). The first kappa shape index (κ1) is 11.8. The standard InChI is InChI=1S/C13H11BrOSe/c1-8-7-12(16-9(8)2)13(15)10-3-5-11(14)6-4-10/h3-7H,1-2H3. The molecule has 0 spiro atoms. The van der Waals surface area contributed by atoms with E-state index in [1.807, 2.05) is 30.3 Å². The third-order valence-electron chi connectivity index (χ3n) is 2.50. The van der Waals surface area contributed by atoms with E-state index in [-0.39, 0.29) is 20.3 Å². The Hall–Kier alpha value is -0.631. The van der Waals surface area contributed by atoms with Crippen molar-refractivity contribution < 1.29 is 4.79 Å². The van der Waals surface area contributed by atoms with Crippen LogP contribution in [0.25, 0.3) is 0 Å². The van der Waals surface area contributed by atoms with Crippen molar-refractivity contribution in [1.82, 2.24) is 0 Å². The van der Waals surface area contributed by atoms with Crippen molar-refractivity contribution in [1.29, 1.82) is 0 Å². The van der Waals surface area contributed by atoms with Gasteiger partial charge in [0.05, 0.1) is 0 Å². The maximum atomic E-state index is 12.2. The molecule has 2 aromatic rings. The van der Waals surface area contributed by atoms with Gasteiger partial charge < -0.3 is 0 Å². The monoisotopic (exact) mass is 342 g/mol. The summed E-state index contributed by atoms with van der Waals surface area (Å²) in [5.41, 5.74) is 2.03. The number of carbonyl (C=O) groups excluding carboxylic acids is 1. The molecule has 0 saturated carbocycles. The zero-order valence-corrected chi connectivity index (χ0v) is 12.4.